The quantitative estimate of drug-likeness (QED) is 0.547. The van der Waals surface area contributed by atoms with Gasteiger partial charge in [-0.1, -0.05) is 0 Å². The van der Waals surface area contributed by atoms with E-state index in [1.807, 2.05) is 0 Å². The molecule has 78 valence electrons. The first-order valence-electron chi connectivity index (χ1n) is 3.93. The predicted molar refractivity (Wildman–Crippen MR) is 51.9 cm³/mol. The lowest BCUT2D eigenvalue weighted by molar-refractivity contribution is -0.112. The molecule has 0 saturated heterocycles. The van der Waals surface area contributed by atoms with Crippen molar-refractivity contribution in [1.29, 1.82) is 0 Å². The van der Waals surface area contributed by atoms with Crippen molar-refractivity contribution in [3.8, 4) is 0 Å². The van der Waals surface area contributed by atoms with Crippen LogP contribution < -0.4 is 10.0 Å². The molecular weight excluding hydrogens is 220 g/mol. The molecular formula is C8H5N2O4S-. The van der Waals surface area contributed by atoms with Gasteiger partial charge in [-0.25, -0.2) is 0 Å². The van der Waals surface area contributed by atoms with E-state index in [0.29, 0.717) is 5.69 Å². The van der Waals surface area contributed by atoms with E-state index >= 15 is 0 Å². The summed E-state index contributed by atoms with van der Waals surface area (Å²) in [5.41, 5.74) is 0.814. The molecule has 0 saturated carbocycles. The highest BCUT2D eigenvalue weighted by atomic mass is 32.2. The number of Topliss-reactive ketones (excluding diaryl/α,β-unsaturated/α-hetero) is 1. The number of carbonyl (C=O) groups is 2. The third-order valence-electron chi connectivity index (χ3n) is 1.92. The van der Waals surface area contributed by atoms with Gasteiger partial charge in [-0.3, -0.25) is 13.8 Å². The topological polar surface area (TPSA) is 98.3 Å². The van der Waals surface area contributed by atoms with E-state index < -0.39 is 23.0 Å². The number of anilines is 2. The first-order chi connectivity index (χ1) is 7.08. The fourth-order valence-corrected chi connectivity index (χ4v) is 1.62. The summed E-state index contributed by atoms with van der Waals surface area (Å²) < 4.78 is 22.8. The summed E-state index contributed by atoms with van der Waals surface area (Å²) in [6.45, 7) is 0. The van der Waals surface area contributed by atoms with Crippen LogP contribution in [0.2, 0.25) is 0 Å². The lowest BCUT2D eigenvalue weighted by Crippen LogP contribution is -2.12. The Morgan fingerprint density at radius 3 is 2.73 bits per heavy atom. The molecule has 0 fully saturated rings. The molecule has 0 spiro atoms. The van der Waals surface area contributed by atoms with Crippen molar-refractivity contribution in [3.05, 3.63) is 23.8 Å². The molecule has 0 aliphatic carbocycles. The predicted octanol–water partition coefficient (Wildman–Crippen LogP) is 0.0274. The standard InChI is InChI=1S/C8H6N2O4S/c11-7-5-3-4(10-15(13)14)1-2-6(5)9-8(7)12/h1-3,10H,(H,13,14)(H,9,11,12)/p-1. The van der Waals surface area contributed by atoms with Gasteiger partial charge in [0, 0.05) is 17.0 Å². The number of carbonyl (C=O) groups excluding carboxylic acids is 2. The first kappa shape index (κ1) is 9.81. The number of fused-ring (bicyclic) bond motifs is 1. The average Bonchev–Trinajstić information content (AvgIpc) is 2.43. The molecule has 7 heteroatoms. The fourth-order valence-electron chi connectivity index (χ4n) is 1.30. The highest BCUT2D eigenvalue weighted by molar-refractivity contribution is 7.80. The number of benzene rings is 1. The van der Waals surface area contributed by atoms with Crippen molar-refractivity contribution < 1.29 is 18.4 Å². The van der Waals surface area contributed by atoms with E-state index in [1.165, 1.54) is 18.2 Å². The maximum absolute atomic E-state index is 11.2. The maximum Gasteiger partial charge on any atom is 0.296 e. The van der Waals surface area contributed by atoms with Crippen LogP contribution in [0, 0.1) is 0 Å². The summed E-state index contributed by atoms with van der Waals surface area (Å²) in [4.78, 5) is 22.2. The van der Waals surface area contributed by atoms with E-state index in [2.05, 4.69) is 10.0 Å². The van der Waals surface area contributed by atoms with Crippen LogP contribution in [0.3, 0.4) is 0 Å². The molecule has 2 rings (SSSR count). The van der Waals surface area contributed by atoms with Crippen LogP contribution in [0.4, 0.5) is 11.4 Å². The van der Waals surface area contributed by atoms with Gasteiger partial charge in [0.25, 0.3) is 11.7 Å². The molecule has 1 aromatic carbocycles. The monoisotopic (exact) mass is 225 g/mol. The average molecular weight is 225 g/mol. The zero-order valence-corrected chi connectivity index (χ0v) is 8.09. The Bertz CT molecular complexity index is 486. The van der Waals surface area contributed by atoms with Gasteiger partial charge in [0.05, 0.1) is 11.3 Å². The maximum atomic E-state index is 11.2. The lowest BCUT2D eigenvalue weighted by Gasteiger charge is -2.08. The normalized spacial score (nSPS) is 15.8. The van der Waals surface area contributed by atoms with Crippen LogP contribution in [-0.2, 0) is 16.1 Å². The van der Waals surface area contributed by atoms with Crippen LogP contribution in [0.25, 0.3) is 0 Å². The van der Waals surface area contributed by atoms with Gasteiger partial charge >= 0.3 is 0 Å². The third-order valence-corrected chi connectivity index (χ3v) is 2.32. The van der Waals surface area contributed by atoms with Gasteiger partial charge in [-0.15, -0.1) is 0 Å². The first-order valence-corrected chi connectivity index (χ1v) is 5.01. The number of ketones is 1. The van der Waals surface area contributed by atoms with Crippen molar-refractivity contribution in [1.82, 2.24) is 0 Å². The van der Waals surface area contributed by atoms with Gasteiger partial charge in [-0.05, 0) is 18.2 Å². The second-order valence-electron chi connectivity index (χ2n) is 2.88. The SMILES string of the molecule is O=C1Nc2ccc(NS(=O)[O-])cc2C1=O. The van der Waals surface area contributed by atoms with Gasteiger partial charge in [0.15, 0.2) is 0 Å². The minimum atomic E-state index is -2.45. The number of hydrogen-bond acceptors (Lipinski definition) is 4. The van der Waals surface area contributed by atoms with Crippen LogP contribution in [0.1, 0.15) is 10.4 Å². The molecule has 1 atom stereocenters. The molecule has 1 aromatic rings. The summed E-state index contributed by atoms with van der Waals surface area (Å²) in [6, 6.07) is 4.23. The van der Waals surface area contributed by atoms with Crippen LogP contribution >= 0.6 is 0 Å². The van der Waals surface area contributed by atoms with Crippen molar-refractivity contribution in [2.45, 2.75) is 0 Å². The fraction of sp³-hybridized carbons (Fsp3) is 0. The van der Waals surface area contributed by atoms with Gasteiger partial charge in [-0.2, -0.15) is 0 Å². The number of rotatable bonds is 2. The number of hydrogen-bond donors (Lipinski definition) is 2. The van der Waals surface area contributed by atoms with E-state index in [0.717, 1.165) is 0 Å². The lowest BCUT2D eigenvalue weighted by atomic mass is 10.1. The Morgan fingerprint density at radius 1 is 1.33 bits per heavy atom. The van der Waals surface area contributed by atoms with E-state index in [1.54, 1.807) is 0 Å². The molecule has 0 aromatic heterocycles. The van der Waals surface area contributed by atoms with Gasteiger partial charge in [0.1, 0.15) is 0 Å². The minimum absolute atomic E-state index is 0.176. The molecule has 15 heavy (non-hydrogen) atoms. The summed E-state index contributed by atoms with van der Waals surface area (Å²) in [7, 11) is 0. The summed E-state index contributed by atoms with van der Waals surface area (Å²) in [5.74, 6) is -1.37. The Hall–Kier alpha value is -1.73. The number of nitrogens with one attached hydrogen (secondary N) is 2. The van der Waals surface area contributed by atoms with Gasteiger partial charge in [0.2, 0.25) is 0 Å². The second-order valence-corrected chi connectivity index (χ2v) is 3.55. The van der Waals surface area contributed by atoms with E-state index in [9.17, 15) is 18.4 Å². The molecule has 1 amide bonds. The molecule has 1 aliphatic heterocycles. The molecule has 1 heterocycles. The second kappa shape index (κ2) is 3.44. The van der Waals surface area contributed by atoms with Crippen molar-refractivity contribution in [2.24, 2.45) is 0 Å². The van der Waals surface area contributed by atoms with E-state index in [4.69, 9.17) is 0 Å². The largest absolute Gasteiger partial charge is 0.755 e. The molecule has 1 aliphatic rings. The third kappa shape index (κ3) is 1.74. The molecule has 2 N–H and O–H groups in total. The smallest absolute Gasteiger partial charge is 0.296 e. The van der Waals surface area contributed by atoms with Crippen molar-refractivity contribution in [2.75, 3.05) is 10.0 Å². The summed E-state index contributed by atoms with van der Waals surface area (Å²) in [5, 5.41) is 2.36. The molecule has 1 unspecified atom stereocenters. The highest BCUT2D eigenvalue weighted by Gasteiger charge is 2.27. The molecule has 0 radical (unpaired) electrons. The Labute approximate surface area is 87.1 Å². The highest BCUT2D eigenvalue weighted by Crippen LogP contribution is 2.25. The summed E-state index contributed by atoms with van der Waals surface area (Å²) >= 11 is -2.45. The summed E-state index contributed by atoms with van der Waals surface area (Å²) in [6.07, 6.45) is 0. The van der Waals surface area contributed by atoms with Crippen LogP contribution in [0.15, 0.2) is 18.2 Å². The molecule has 0 bridgehead atoms. The zero-order chi connectivity index (χ0) is 11.0. The minimum Gasteiger partial charge on any atom is -0.755 e. The Kier molecular flexibility index (Phi) is 2.25. The van der Waals surface area contributed by atoms with Gasteiger partial charge < -0.3 is 14.6 Å². The van der Waals surface area contributed by atoms with Crippen molar-refractivity contribution in [3.63, 3.8) is 0 Å². The number of amides is 1. The van der Waals surface area contributed by atoms with Crippen LogP contribution in [-0.4, -0.2) is 20.5 Å². The van der Waals surface area contributed by atoms with E-state index in [-0.39, 0.29) is 11.3 Å². The van der Waals surface area contributed by atoms with Crippen LogP contribution in [0.5, 0.6) is 0 Å². The zero-order valence-electron chi connectivity index (χ0n) is 7.27. The molecule has 6 nitrogen and oxygen atoms in total. The van der Waals surface area contributed by atoms with Crippen molar-refractivity contribution >= 4 is 34.3 Å². The Balaban J connectivity index is 2.39. The Morgan fingerprint density at radius 2 is 2.07 bits per heavy atom.